The van der Waals surface area contributed by atoms with E-state index in [0.717, 1.165) is 36.6 Å². The molecular weight excluding hydrogens is 404 g/mol. The molecule has 1 aromatic rings. The summed E-state index contributed by atoms with van der Waals surface area (Å²) in [4.78, 5) is 17.4. The van der Waals surface area contributed by atoms with Crippen LogP contribution < -0.4 is 10.2 Å². The zero-order valence-corrected chi connectivity index (χ0v) is 19.2. The fourth-order valence-corrected chi connectivity index (χ4v) is 4.95. The van der Waals surface area contributed by atoms with Gasteiger partial charge in [-0.05, 0) is 50.8 Å². The number of amides is 1. The summed E-state index contributed by atoms with van der Waals surface area (Å²) in [6.45, 7) is 7.90. The summed E-state index contributed by atoms with van der Waals surface area (Å²) in [6, 6.07) is 6.29. The minimum absolute atomic E-state index is 0.180. The van der Waals surface area contributed by atoms with E-state index >= 15 is 0 Å². The number of thioether (sulfide) groups is 2. The van der Waals surface area contributed by atoms with E-state index in [1.54, 1.807) is 23.7 Å². The average Bonchev–Trinajstić information content (AvgIpc) is 3.19. The van der Waals surface area contributed by atoms with E-state index < -0.39 is 5.60 Å². The summed E-state index contributed by atoms with van der Waals surface area (Å²) >= 11 is 3.54. The average molecular weight is 435 g/mol. The Morgan fingerprint density at radius 2 is 2.21 bits per heavy atom. The van der Waals surface area contributed by atoms with Gasteiger partial charge in [-0.1, -0.05) is 6.08 Å². The number of amidine groups is 1. The number of rotatable bonds is 5. The van der Waals surface area contributed by atoms with Crippen molar-refractivity contribution in [1.29, 1.82) is 5.41 Å². The van der Waals surface area contributed by atoms with E-state index in [4.69, 9.17) is 10.1 Å². The quantitative estimate of drug-likeness (QED) is 0.509. The van der Waals surface area contributed by atoms with Crippen LogP contribution in [-0.4, -0.2) is 60.1 Å². The number of benzene rings is 1. The van der Waals surface area contributed by atoms with E-state index in [1.807, 2.05) is 38.6 Å². The van der Waals surface area contributed by atoms with Gasteiger partial charge in [-0.15, -0.1) is 23.5 Å². The molecule has 0 fully saturated rings. The summed E-state index contributed by atoms with van der Waals surface area (Å²) in [7, 11) is 1.78. The van der Waals surface area contributed by atoms with E-state index in [0.29, 0.717) is 12.4 Å². The van der Waals surface area contributed by atoms with Gasteiger partial charge in [0.2, 0.25) is 0 Å². The van der Waals surface area contributed by atoms with Crippen molar-refractivity contribution in [2.75, 3.05) is 42.7 Å². The number of hydrogen-bond acceptors (Lipinski definition) is 6. The first kappa shape index (κ1) is 21.9. The number of anilines is 2. The Morgan fingerprint density at radius 3 is 2.90 bits per heavy atom. The maximum atomic E-state index is 12.2. The second-order valence-electron chi connectivity index (χ2n) is 8.19. The molecule has 158 valence electrons. The van der Waals surface area contributed by atoms with Crippen LogP contribution in [0, 0.1) is 5.41 Å². The van der Waals surface area contributed by atoms with Gasteiger partial charge in [0.1, 0.15) is 11.4 Å². The van der Waals surface area contributed by atoms with E-state index in [2.05, 4.69) is 33.8 Å². The number of fused-ring (bicyclic) bond motifs is 1. The minimum atomic E-state index is -0.488. The lowest BCUT2D eigenvalue weighted by Gasteiger charge is -2.33. The van der Waals surface area contributed by atoms with Gasteiger partial charge in [-0.25, -0.2) is 4.79 Å². The fraction of sp³-hybridized carbons (Fsp3) is 0.524. The molecule has 0 radical (unpaired) electrons. The number of carbonyl (C=O) groups excluding carboxylic acids is 1. The molecule has 2 heterocycles. The number of likely N-dealkylation sites (N-methyl/N-ethyl adjacent to an activating group) is 1. The second-order valence-corrected chi connectivity index (χ2v) is 10.4. The van der Waals surface area contributed by atoms with Gasteiger partial charge >= 0.3 is 6.09 Å². The highest BCUT2D eigenvalue weighted by Gasteiger charge is 2.23. The lowest BCUT2D eigenvalue weighted by Crippen LogP contribution is -2.40. The third-order valence-corrected chi connectivity index (χ3v) is 6.77. The van der Waals surface area contributed by atoms with Crippen LogP contribution in [0.5, 0.6) is 0 Å². The molecule has 1 aromatic carbocycles. The van der Waals surface area contributed by atoms with Crippen molar-refractivity contribution >= 4 is 46.8 Å². The topological polar surface area (TPSA) is 68.7 Å². The number of nitrogens with zero attached hydrogens (tertiary/aromatic N) is 2. The van der Waals surface area contributed by atoms with Gasteiger partial charge in [-0.2, -0.15) is 0 Å². The van der Waals surface area contributed by atoms with Gasteiger partial charge in [-0.3, -0.25) is 5.41 Å². The molecule has 8 heteroatoms. The third kappa shape index (κ3) is 6.09. The van der Waals surface area contributed by atoms with E-state index in [9.17, 15) is 4.79 Å². The van der Waals surface area contributed by atoms with Gasteiger partial charge in [0.25, 0.3) is 0 Å². The molecule has 3 rings (SSSR count). The highest BCUT2D eigenvalue weighted by Crippen LogP contribution is 2.37. The highest BCUT2D eigenvalue weighted by atomic mass is 32.2. The van der Waals surface area contributed by atoms with Crippen LogP contribution in [0.4, 0.5) is 16.2 Å². The molecule has 2 aliphatic rings. The Morgan fingerprint density at radius 1 is 1.41 bits per heavy atom. The fourth-order valence-electron chi connectivity index (χ4n) is 3.09. The minimum Gasteiger partial charge on any atom is -0.444 e. The Hall–Kier alpha value is -1.80. The number of hydrogen-bond donors (Lipinski definition) is 2. The van der Waals surface area contributed by atoms with Crippen LogP contribution in [0.2, 0.25) is 0 Å². The molecule has 29 heavy (non-hydrogen) atoms. The molecule has 2 aliphatic heterocycles. The largest absolute Gasteiger partial charge is 0.444 e. The van der Waals surface area contributed by atoms with Crippen molar-refractivity contribution in [2.24, 2.45) is 0 Å². The number of ether oxygens (including phenoxy) is 1. The van der Waals surface area contributed by atoms with Crippen LogP contribution >= 0.6 is 23.5 Å². The first-order chi connectivity index (χ1) is 13.7. The number of carbonyl (C=O) groups is 1. The predicted molar refractivity (Wildman–Crippen MR) is 125 cm³/mol. The third-order valence-electron chi connectivity index (χ3n) is 4.62. The SMILES string of the molecule is CN(CCN1CCSc2ccc(NC(=N)C3CC=CS3)cc21)C(=O)OC(C)(C)C. The van der Waals surface area contributed by atoms with Crippen molar-refractivity contribution in [2.45, 2.75) is 42.9 Å². The first-order valence-electron chi connectivity index (χ1n) is 9.85. The molecule has 0 bridgehead atoms. The van der Waals surface area contributed by atoms with Crippen molar-refractivity contribution in [3.8, 4) is 0 Å². The maximum Gasteiger partial charge on any atom is 0.410 e. The van der Waals surface area contributed by atoms with Crippen LogP contribution in [-0.2, 0) is 4.74 Å². The van der Waals surface area contributed by atoms with Crippen molar-refractivity contribution in [1.82, 2.24) is 4.90 Å². The smallest absolute Gasteiger partial charge is 0.410 e. The summed E-state index contributed by atoms with van der Waals surface area (Å²) in [5, 5.41) is 13.8. The van der Waals surface area contributed by atoms with Gasteiger partial charge in [0, 0.05) is 43.0 Å². The standard InChI is InChI=1S/C21H30N4O2S2/c1-21(2,3)27-20(26)24(4)9-10-25-11-13-29-17-8-7-15(14-16(17)25)23-19(22)18-6-5-12-28-18/h5,7-8,12,14,18H,6,9-11,13H2,1-4H3,(H2,22,23). The predicted octanol–water partition coefficient (Wildman–Crippen LogP) is 4.87. The first-order valence-corrected chi connectivity index (χ1v) is 11.8. The molecule has 0 aromatic heterocycles. The molecule has 1 amide bonds. The molecule has 0 spiro atoms. The van der Waals surface area contributed by atoms with Crippen LogP contribution in [0.3, 0.4) is 0 Å². The monoisotopic (exact) mass is 434 g/mol. The van der Waals surface area contributed by atoms with E-state index in [-0.39, 0.29) is 11.3 Å². The zero-order valence-electron chi connectivity index (χ0n) is 17.5. The normalized spacial score (nSPS) is 18.3. The zero-order chi connectivity index (χ0) is 21.0. The molecular formula is C21H30N4O2S2. The number of nitrogens with one attached hydrogen (secondary N) is 2. The summed E-state index contributed by atoms with van der Waals surface area (Å²) in [5.74, 6) is 1.57. The van der Waals surface area contributed by atoms with Crippen LogP contribution in [0.1, 0.15) is 27.2 Å². The molecule has 0 saturated heterocycles. The van der Waals surface area contributed by atoms with E-state index in [1.165, 1.54) is 4.90 Å². The molecule has 1 unspecified atom stereocenters. The lowest BCUT2D eigenvalue weighted by molar-refractivity contribution is 0.0303. The summed E-state index contributed by atoms with van der Waals surface area (Å²) in [6.07, 6.45) is 2.72. The maximum absolute atomic E-state index is 12.2. The van der Waals surface area contributed by atoms with Gasteiger partial charge in [0.15, 0.2) is 0 Å². The van der Waals surface area contributed by atoms with Crippen molar-refractivity contribution < 1.29 is 9.53 Å². The van der Waals surface area contributed by atoms with Crippen molar-refractivity contribution in [3.63, 3.8) is 0 Å². The molecule has 1 atom stereocenters. The van der Waals surface area contributed by atoms with Gasteiger partial charge in [0.05, 0.1) is 10.9 Å². The Labute approximate surface area is 181 Å². The Kier molecular flexibility index (Phi) is 7.05. The molecule has 0 saturated carbocycles. The summed E-state index contributed by atoms with van der Waals surface area (Å²) in [5.41, 5.74) is 1.61. The summed E-state index contributed by atoms with van der Waals surface area (Å²) < 4.78 is 5.44. The van der Waals surface area contributed by atoms with Crippen molar-refractivity contribution in [3.05, 3.63) is 29.7 Å². The van der Waals surface area contributed by atoms with Gasteiger partial charge < -0.3 is 19.9 Å². The number of allylic oxidation sites excluding steroid dienone is 1. The lowest BCUT2D eigenvalue weighted by atomic mass is 10.2. The molecule has 6 nitrogen and oxygen atoms in total. The molecule has 2 N–H and O–H groups in total. The van der Waals surface area contributed by atoms with Crippen LogP contribution in [0.25, 0.3) is 0 Å². The molecule has 0 aliphatic carbocycles. The highest BCUT2D eigenvalue weighted by molar-refractivity contribution is 8.03. The van der Waals surface area contributed by atoms with Crippen LogP contribution in [0.15, 0.2) is 34.6 Å². The Bertz CT molecular complexity index is 783. The second kappa shape index (κ2) is 9.34. The Balaban J connectivity index is 1.62.